The summed E-state index contributed by atoms with van der Waals surface area (Å²) in [6.45, 7) is 1.53. The van der Waals surface area contributed by atoms with Gasteiger partial charge in [-0.2, -0.15) is 0 Å². The number of hydrogen-bond donors (Lipinski definition) is 3. The Bertz CT molecular complexity index is 1090. The first-order chi connectivity index (χ1) is 13.6. The molecule has 1 fully saturated rings. The molecule has 1 saturated heterocycles. The van der Waals surface area contributed by atoms with Crippen molar-refractivity contribution in [3.8, 4) is 11.1 Å². The van der Waals surface area contributed by atoms with E-state index in [-0.39, 0.29) is 6.61 Å². The van der Waals surface area contributed by atoms with Crippen LogP contribution in [0, 0.1) is 6.92 Å². The third-order valence-corrected chi connectivity index (χ3v) is 5.53. The Morgan fingerprint density at radius 3 is 2.82 bits per heavy atom. The van der Waals surface area contributed by atoms with Crippen LogP contribution < -0.4 is 0 Å². The van der Waals surface area contributed by atoms with Crippen LogP contribution in [-0.4, -0.2) is 61.0 Å². The lowest BCUT2D eigenvalue weighted by Crippen LogP contribution is -2.33. The van der Waals surface area contributed by atoms with Crippen molar-refractivity contribution in [3.63, 3.8) is 0 Å². The van der Waals surface area contributed by atoms with E-state index in [4.69, 9.17) is 4.74 Å². The van der Waals surface area contributed by atoms with Crippen LogP contribution in [0.15, 0.2) is 35.7 Å². The van der Waals surface area contributed by atoms with E-state index in [0.29, 0.717) is 5.65 Å². The normalized spacial score (nSPS) is 26.3. The fourth-order valence-corrected chi connectivity index (χ4v) is 4.11. The number of aliphatic hydroxyl groups is 3. The van der Waals surface area contributed by atoms with Crippen molar-refractivity contribution in [1.29, 1.82) is 0 Å². The molecule has 28 heavy (non-hydrogen) atoms. The summed E-state index contributed by atoms with van der Waals surface area (Å²) in [5.41, 5.74) is 5.31. The van der Waals surface area contributed by atoms with Gasteiger partial charge in [0.25, 0.3) is 0 Å². The van der Waals surface area contributed by atoms with Gasteiger partial charge >= 0.3 is 0 Å². The third-order valence-electron chi connectivity index (χ3n) is 5.53. The molecule has 2 aliphatic rings. The van der Waals surface area contributed by atoms with Gasteiger partial charge in [0, 0.05) is 35.3 Å². The van der Waals surface area contributed by atoms with Crippen LogP contribution in [-0.2, 0) is 11.2 Å². The number of aryl methyl sites for hydroxylation is 1. The Morgan fingerprint density at radius 2 is 2.04 bits per heavy atom. The van der Waals surface area contributed by atoms with Crippen LogP contribution in [0.25, 0.3) is 22.2 Å². The first-order valence-electron chi connectivity index (χ1n) is 9.19. The molecule has 0 spiro atoms. The summed E-state index contributed by atoms with van der Waals surface area (Å²) in [5.74, 6) is 0. The van der Waals surface area contributed by atoms with Crippen LogP contribution >= 0.6 is 0 Å². The van der Waals surface area contributed by atoms with Crippen molar-refractivity contribution >= 4 is 22.9 Å². The Kier molecular flexibility index (Phi) is 4.02. The minimum atomic E-state index is -1.18. The third kappa shape index (κ3) is 2.43. The molecule has 4 atom stereocenters. The number of aromatic nitrogens is 3. The molecular formula is C20H20N4O4. The van der Waals surface area contributed by atoms with E-state index >= 15 is 0 Å². The number of aliphatic imine (C=N–C) groups is 1. The van der Waals surface area contributed by atoms with E-state index in [9.17, 15) is 15.3 Å². The van der Waals surface area contributed by atoms with E-state index in [1.54, 1.807) is 4.57 Å². The van der Waals surface area contributed by atoms with Gasteiger partial charge in [-0.3, -0.25) is 4.99 Å². The first-order valence-corrected chi connectivity index (χ1v) is 9.19. The fourth-order valence-electron chi connectivity index (χ4n) is 4.11. The number of para-hydroxylation sites is 1. The lowest BCUT2D eigenvalue weighted by Gasteiger charge is -2.17. The van der Waals surface area contributed by atoms with Gasteiger partial charge in [0.2, 0.25) is 0 Å². The predicted molar refractivity (Wildman–Crippen MR) is 103 cm³/mol. The Labute approximate surface area is 160 Å². The summed E-state index contributed by atoms with van der Waals surface area (Å²) in [5, 5.41) is 30.9. The van der Waals surface area contributed by atoms with Crippen LogP contribution in [0.4, 0.5) is 5.69 Å². The summed E-state index contributed by atoms with van der Waals surface area (Å²) in [4.78, 5) is 13.3. The van der Waals surface area contributed by atoms with Crippen molar-refractivity contribution in [2.45, 2.75) is 37.9 Å². The van der Waals surface area contributed by atoms with Gasteiger partial charge in [-0.1, -0.05) is 18.2 Å². The monoisotopic (exact) mass is 380 g/mol. The number of rotatable bonds is 3. The van der Waals surface area contributed by atoms with Gasteiger partial charge < -0.3 is 24.6 Å². The highest BCUT2D eigenvalue weighted by molar-refractivity contribution is 6.00. The summed E-state index contributed by atoms with van der Waals surface area (Å²) >= 11 is 0. The minimum Gasteiger partial charge on any atom is -0.394 e. The van der Waals surface area contributed by atoms with Crippen molar-refractivity contribution in [2.24, 2.45) is 4.99 Å². The van der Waals surface area contributed by atoms with Gasteiger partial charge in [0.1, 0.15) is 30.3 Å². The average molecular weight is 380 g/mol. The van der Waals surface area contributed by atoms with Crippen molar-refractivity contribution in [1.82, 2.24) is 14.5 Å². The Hall–Kier alpha value is -2.65. The summed E-state index contributed by atoms with van der Waals surface area (Å²) in [6, 6.07) is 6.06. The molecule has 144 valence electrons. The van der Waals surface area contributed by atoms with Crippen LogP contribution in [0.5, 0.6) is 0 Å². The van der Waals surface area contributed by atoms with E-state index in [2.05, 4.69) is 21.0 Å². The largest absolute Gasteiger partial charge is 0.394 e. The number of fused-ring (bicyclic) bond motifs is 2. The number of aliphatic hydroxyl groups excluding tert-OH is 3. The summed E-state index contributed by atoms with van der Waals surface area (Å²) in [6.07, 6.45) is 1.94. The van der Waals surface area contributed by atoms with Crippen molar-refractivity contribution in [3.05, 3.63) is 42.0 Å². The second kappa shape index (κ2) is 6.46. The SMILES string of the molecule is Cc1ncnc2c1c(-c1cccc3c1N=CC3)cn2[C@@H]1O[C@H](CO)[C@@H](O)[C@H]1O. The maximum atomic E-state index is 10.5. The maximum Gasteiger partial charge on any atom is 0.164 e. The lowest BCUT2D eigenvalue weighted by molar-refractivity contribution is -0.0508. The highest BCUT2D eigenvalue weighted by Gasteiger charge is 2.44. The summed E-state index contributed by atoms with van der Waals surface area (Å²) < 4.78 is 7.44. The molecule has 1 aromatic carbocycles. The lowest BCUT2D eigenvalue weighted by atomic mass is 10.00. The quantitative estimate of drug-likeness (QED) is 0.631. The van der Waals surface area contributed by atoms with E-state index in [0.717, 1.165) is 39.9 Å². The number of benzene rings is 1. The smallest absolute Gasteiger partial charge is 0.164 e. The Balaban J connectivity index is 1.73. The topological polar surface area (TPSA) is 113 Å². The molecule has 2 aliphatic heterocycles. The fraction of sp³-hybridized carbons (Fsp3) is 0.350. The van der Waals surface area contributed by atoms with Gasteiger partial charge in [-0.15, -0.1) is 0 Å². The predicted octanol–water partition coefficient (Wildman–Crippen LogP) is 1.28. The highest BCUT2D eigenvalue weighted by atomic mass is 16.6. The molecule has 5 rings (SSSR count). The van der Waals surface area contributed by atoms with E-state index < -0.39 is 24.5 Å². The highest BCUT2D eigenvalue weighted by Crippen LogP contribution is 2.42. The average Bonchev–Trinajstić information content (AvgIpc) is 3.39. The molecule has 0 saturated carbocycles. The van der Waals surface area contributed by atoms with Gasteiger partial charge in [0.15, 0.2) is 6.23 Å². The molecular weight excluding hydrogens is 360 g/mol. The minimum absolute atomic E-state index is 0.379. The van der Waals surface area contributed by atoms with Crippen molar-refractivity contribution in [2.75, 3.05) is 6.61 Å². The van der Waals surface area contributed by atoms with Gasteiger partial charge in [-0.05, 0) is 12.5 Å². The molecule has 8 heteroatoms. The molecule has 8 nitrogen and oxygen atoms in total. The van der Waals surface area contributed by atoms with Gasteiger partial charge in [0.05, 0.1) is 18.0 Å². The Morgan fingerprint density at radius 1 is 1.18 bits per heavy atom. The second-order valence-electron chi connectivity index (χ2n) is 7.17. The molecule has 0 bridgehead atoms. The molecule has 4 heterocycles. The maximum absolute atomic E-state index is 10.5. The molecule has 0 unspecified atom stereocenters. The van der Waals surface area contributed by atoms with Crippen LogP contribution in [0.3, 0.4) is 0 Å². The van der Waals surface area contributed by atoms with Crippen LogP contribution in [0.1, 0.15) is 17.5 Å². The molecule has 0 aliphatic carbocycles. The zero-order chi connectivity index (χ0) is 19.4. The van der Waals surface area contributed by atoms with Crippen LogP contribution in [0.2, 0.25) is 0 Å². The molecule has 3 aromatic rings. The zero-order valence-electron chi connectivity index (χ0n) is 15.2. The van der Waals surface area contributed by atoms with E-state index in [1.807, 2.05) is 31.5 Å². The summed E-state index contributed by atoms with van der Waals surface area (Å²) in [7, 11) is 0. The van der Waals surface area contributed by atoms with Crippen molar-refractivity contribution < 1.29 is 20.1 Å². The number of ether oxygens (including phenoxy) is 1. The van der Waals surface area contributed by atoms with Gasteiger partial charge in [-0.25, -0.2) is 9.97 Å². The number of nitrogens with zero attached hydrogens (tertiary/aromatic N) is 4. The first kappa shape index (κ1) is 17.4. The standard InChI is InChI=1S/C20H20N4O4/c1-10-15-13(12-4-2-3-11-5-6-21-16(11)12)7-24(19(15)23-9-22-10)20-18(27)17(26)14(8-25)28-20/h2-4,6-7,9,14,17-18,20,25-27H,5,8H2,1H3/t14-,17-,18-,20-/m1/s1. The van der Waals surface area contributed by atoms with E-state index in [1.165, 1.54) is 6.33 Å². The molecule has 3 N–H and O–H groups in total. The zero-order valence-corrected chi connectivity index (χ0v) is 15.2. The second-order valence-corrected chi connectivity index (χ2v) is 7.17. The number of hydrogen-bond acceptors (Lipinski definition) is 7. The molecule has 0 amide bonds. The molecule has 2 aromatic heterocycles. The molecule has 0 radical (unpaired) electrons.